The molecule has 1 N–H and O–H groups in total. The van der Waals surface area contributed by atoms with E-state index in [-0.39, 0.29) is 11.7 Å². The number of anilines is 1. The molecule has 4 rings (SSSR count). The van der Waals surface area contributed by atoms with Crippen LogP contribution >= 0.6 is 23.1 Å². The smallest absolute Gasteiger partial charge is 0.236 e. The summed E-state index contributed by atoms with van der Waals surface area (Å²) < 4.78 is 2.09. The van der Waals surface area contributed by atoms with Gasteiger partial charge < -0.3 is 5.32 Å². The summed E-state index contributed by atoms with van der Waals surface area (Å²) in [6.07, 6.45) is 3.53. The van der Waals surface area contributed by atoms with Gasteiger partial charge in [-0.05, 0) is 19.1 Å². The topological polar surface area (TPSA) is 59.8 Å². The Morgan fingerprint density at radius 1 is 1.11 bits per heavy atom. The van der Waals surface area contributed by atoms with Gasteiger partial charge in [-0.15, -0.1) is 11.3 Å². The summed E-state index contributed by atoms with van der Waals surface area (Å²) in [6.45, 7) is 2.06. The van der Waals surface area contributed by atoms with E-state index >= 15 is 0 Å². The quantitative estimate of drug-likeness (QED) is 0.456. The zero-order chi connectivity index (χ0) is 19.3. The van der Waals surface area contributed by atoms with Gasteiger partial charge in [0.2, 0.25) is 5.91 Å². The van der Waals surface area contributed by atoms with Gasteiger partial charge >= 0.3 is 0 Å². The molecule has 28 heavy (non-hydrogen) atoms. The lowest BCUT2D eigenvalue weighted by Crippen LogP contribution is -2.14. The number of aryl methyl sites for hydroxylation is 1. The number of hydrogen-bond acceptors (Lipinski definition) is 5. The lowest BCUT2D eigenvalue weighted by Gasteiger charge is -2.12. The van der Waals surface area contributed by atoms with Gasteiger partial charge in [-0.3, -0.25) is 9.36 Å². The molecule has 0 spiro atoms. The van der Waals surface area contributed by atoms with Crippen molar-refractivity contribution >= 4 is 34.1 Å². The predicted molar refractivity (Wildman–Crippen MR) is 115 cm³/mol. The molecular formula is C21H18N4OS2. The van der Waals surface area contributed by atoms with E-state index in [1.807, 2.05) is 29.8 Å². The molecule has 0 aliphatic carbocycles. The van der Waals surface area contributed by atoms with Gasteiger partial charge in [0.25, 0.3) is 0 Å². The fourth-order valence-corrected chi connectivity index (χ4v) is 4.10. The third kappa shape index (κ3) is 4.16. The molecule has 2 aromatic heterocycles. The third-order valence-corrected chi connectivity index (χ3v) is 5.74. The molecule has 4 aromatic rings. The fraction of sp³-hybridized carbons (Fsp3) is 0.0952. The highest BCUT2D eigenvalue weighted by atomic mass is 32.2. The minimum atomic E-state index is -0.0975. The number of rotatable bonds is 6. The maximum absolute atomic E-state index is 12.3. The summed E-state index contributed by atoms with van der Waals surface area (Å²) in [5.41, 5.74) is 4.29. The van der Waals surface area contributed by atoms with Crippen molar-refractivity contribution < 1.29 is 4.79 Å². The minimum Gasteiger partial charge on any atom is -0.301 e. The van der Waals surface area contributed by atoms with Gasteiger partial charge in [-0.1, -0.05) is 59.8 Å². The van der Waals surface area contributed by atoms with Gasteiger partial charge in [0.05, 0.1) is 17.6 Å². The fourth-order valence-electron chi connectivity index (χ4n) is 2.76. The first kappa shape index (κ1) is 18.5. The van der Waals surface area contributed by atoms with Crippen molar-refractivity contribution in [2.75, 3.05) is 11.1 Å². The Kier molecular flexibility index (Phi) is 5.55. The Morgan fingerprint density at radius 2 is 1.89 bits per heavy atom. The van der Waals surface area contributed by atoms with Gasteiger partial charge in [-0.2, -0.15) is 0 Å². The maximum Gasteiger partial charge on any atom is 0.236 e. The van der Waals surface area contributed by atoms with Gasteiger partial charge in [0, 0.05) is 22.8 Å². The molecule has 0 radical (unpaired) electrons. The molecule has 0 saturated heterocycles. The van der Waals surface area contributed by atoms with Crippen molar-refractivity contribution in [3.63, 3.8) is 0 Å². The first-order valence-corrected chi connectivity index (χ1v) is 10.6. The first-order chi connectivity index (χ1) is 13.7. The van der Waals surface area contributed by atoms with Crippen LogP contribution in [0.15, 0.2) is 77.5 Å². The average molecular weight is 407 g/mol. The van der Waals surface area contributed by atoms with E-state index in [2.05, 4.69) is 63.2 Å². The number of imidazole rings is 1. The highest BCUT2D eigenvalue weighted by Crippen LogP contribution is 2.30. The second-order valence-electron chi connectivity index (χ2n) is 6.14. The van der Waals surface area contributed by atoms with Crippen LogP contribution in [0.5, 0.6) is 0 Å². The zero-order valence-electron chi connectivity index (χ0n) is 15.2. The van der Waals surface area contributed by atoms with Crippen LogP contribution in [0.25, 0.3) is 16.9 Å². The number of hydrogen-bond donors (Lipinski definition) is 1. The molecule has 0 bridgehead atoms. The van der Waals surface area contributed by atoms with Crippen LogP contribution in [-0.4, -0.2) is 26.2 Å². The first-order valence-electron chi connectivity index (χ1n) is 8.73. The van der Waals surface area contributed by atoms with Crippen molar-refractivity contribution in [2.24, 2.45) is 0 Å². The molecule has 0 aliphatic rings. The second kappa shape index (κ2) is 8.41. The molecule has 5 nitrogen and oxygen atoms in total. The molecule has 0 saturated carbocycles. The highest BCUT2D eigenvalue weighted by molar-refractivity contribution is 7.99. The van der Waals surface area contributed by atoms with E-state index in [9.17, 15) is 4.79 Å². The van der Waals surface area contributed by atoms with Crippen LogP contribution in [0.4, 0.5) is 5.13 Å². The highest BCUT2D eigenvalue weighted by Gasteiger charge is 2.15. The monoisotopic (exact) mass is 406 g/mol. The SMILES string of the molecule is Cc1ccc(-n2c(-c3ccccc3)cnc2SCC(=O)Nc2nccs2)cc1. The van der Waals surface area contributed by atoms with E-state index in [1.54, 1.807) is 6.20 Å². The summed E-state index contributed by atoms with van der Waals surface area (Å²) in [5, 5.41) is 6.02. The summed E-state index contributed by atoms with van der Waals surface area (Å²) in [7, 11) is 0. The van der Waals surface area contributed by atoms with Crippen molar-refractivity contribution in [3.8, 4) is 16.9 Å². The van der Waals surface area contributed by atoms with E-state index < -0.39 is 0 Å². The molecule has 0 fully saturated rings. The van der Waals surface area contributed by atoms with Gasteiger partial charge in [0.1, 0.15) is 0 Å². The normalized spacial score (nSPS) is 10.8. The molecule has 1 amide bonds. The second-order valence-corrected chi connectivity index (χ2v) is 7.97. The number of nitrogens with one attached hydrogen (secondary N) is 1. The van der Waals surface area contributed by atoms with Crippen LogP contribution in [0.1, 0.15) is 5.56 Å². The molecule has 0 atom stereocenters. The largest absolute Gasteiger partial charge is 0.301 e. The Bertz CT molecular complexity index is 1060. The average Bonchev–Trinajstić information content (AvgIpc) is 3.37. The van der Waals surface area contributed by atoms with Crippen LogP contribution < -0.4 is 5.32 Å². The number of thioether (sulfide) groups is 1. The number of nitrogens with zero attached hydrogens (tertiary/aromatic N) is 3. The zero-order valence-corrected chi connectivity index (χ0v) is 16.8. The molecule has 2 aromatic carbocycles. The molecule has 0 aliphatic heterocycles. The van der Waals surface area contributed by atoms with Crippen LogP contribution in [0, 0.1) is 6.92 Å². The number of aromatic nitrogens is 3. The summed E-state index contributed by atoms with van der Waals surface area (Å²) in [5.74, 6) is 0.163. The van der Waals surface area contributed by atoms with E-state index in [1.165, 1.54) is 28.7 Å². The van der Waals surface area contributed by atoms with Crippen LogP contribution in [0.2, 0.25) is 0 Å². The summed E-state index contributed by atoms with van der Waals surface area (Å²) >= 11 is 2.81. The number of benzene rings is 2. The molecule has 140 valence electrons. The lowest BCUT2D eigenvalue weighted by atomic mass is 10.1. The number of carbonyl (C=O) groups is 1. The minimum absolute atomic E-state index is 0.0975. The lowest BCUT2D eigenvalue weighted by molar-refractivity contribution is -0.113. The summed E-state index contributed by atoms with van der Waals surface area (Å²) in [4.78, 5) is 20.9. The van der Waals surface area contributed by atoms with Crippen molar-refractivity contribution in [2.45, 2.75) is 12.1 Å². The van der Waals surface area contributed by atoms with E-state index in [0.717, 1.165) is 22.1 Å². The third-order valence-electron chi connectivity index (χ3n) is 4.10. The number of amides is 1. The van der Waals surface area contributed by atoms with Crippen molar-refractivity contribution in [3.05, 3.63) is 77.9 Å². The van der Waals surface area contributed by atoms with Gasteiger partial charge in [0.15, 0.2) is 10.3 Å². The Morgan fingerprint density at radius 3 is 2.61 bits per heavy atom. The molecule has 0 unspecified atom stereocenters. The maximum atomic E-state index is 12.3. The van der Waals surface area contributed by atoms with Gasteiger partial charge in [-0.25, -0.2) is 9.97 Å². The number of thiazole rings is 1. The van der Waals surface area contributed by atoms with E-state index in [4.69, 9.17) is 0 Å². The Labute approximate surface area is 171 Å². The summed E-state index contributed by atoms with van der Waals surface area (Å²) in [6, 6.07) is 18.4. The molecule has 2 heterocycles. The molecule has 7 heteroatoms. The molecular weight excluding hydrogens is 388 g/mol. The Hall–Kier alpha value is -2.90. The van der Waals surface area contributed by atoms with Crippen molar-refractivity contribution in [1.29, 1.82) is 0 Å². The standard InChI is InChI=1S/C21H18N4OS2/c1-15-7-9-17(10-8-15)25-18(16-5-3-2-4-6-16)13-23-21(25)28-14-19(26)24-20-22-11-12-27-20/h2-13H,14H2,1H3,(H,22,24,26). The predicted octanol–water partition coefficient (Wildman–Crippen LogP) is 5.04. The van der Waals surface area contributed by atoms with Crippen LogP contribution in [-0.2, 0) is 4.79 Å². The van der Waals surface area contributed by atoms with Crippen molar-refractivity contribution in [1.82, 2.24) is 14.5 Å². The van der Waals surface area contributed by atoms with Crippen LogP contribution in [0.3, 0.4) is 0 Å². The van der Waals surface area contributed by atoms with E-state index in [0.29, 0.717) is 5.13 Å². The number of carbonyl (C=O) groups excluding carboxylic acids is 1. The Balaban J connectivity index is 1.62.